The fourth-order valence-electron chi connectivity index (χ4n) is 0. The van der Waals surface area contributed by atoms with E-state index in [1.54, 1.807) is 0 Å². The van der Waals surface area contributed by atoms with Crippen molar-refractivity contribution in [2.45, 2.75) is 0 Å². The van der Waals surface area contributed by atoms with Crippen molar-refractivity contribution in [1.82, 2.24) is 0 Å². The van der Waals surface area contributed by atoms with E-state index >= 15 is 0 Å². The minimum absolute atomic E-state index is 0. The molecule has 0 aliphatic carbocycles. The largest absolute Gasteiger partial charge is 0 e. The third-order valence-corrected chi connectivity index (χ3v) is 0. The quantitative estimate of drug-likeness (QED) is 0.462. The van der Waals surface area contributed by atoms with Crippen LogP contribution in [-0.2, 0) is 0 Å². The monoisotopic (exact) mass is 151 g/mol. The second kappa shape index (κ2) is 8.82. The van der Waals surface area contributed by atoms with E-state index in [2.05, 4.69) is 21.1 Å². The molecule has 0 nitrogen and oxygen atoms in total. The summed E-state index contributed by atoms with van der Waals surface area (Å²) in [5.74, 6) is 0. The van der Waals surface area contributed by atoms with Crippen LogP contribution in [0.25, 0.3) is 0 Å². The summed E-state index contributed by atoms with van der Waals surface area (Å²) in [6.07, 6.45) is 0. The van der Waals surface area contributed by atoms with E-state index in [0.717, 1.165) is 0 Å². The summed E-state index contributed by atoms with van der Waals surface area (Å²) in [6.45, 7) is 0. The van der Waals surface area contributed by atoms with E-state index in [9.17, 15) is 0 Å². The van der Waals surface area contributed by atoms with Crippen molar-refractivity contribution >= 4 is 51.7 Å². The van der Waals surface area contributed by atoms with Crippen LogP contribution in [0, 0.1) is 0 Å². The van der Waals surface area contributed by atoms with Gasteiger partial charge < -0.3 is 0 Å². The molecule has 0 aromatic rings. The van der Waals surface area contributed by atoms with E-state index < -0.39 is 0 Å². The van der Waals surface area contributed by atoms with Gasteiger partial charge in [-0.1, -0.05) is 0 Å². The van der Waals surface area contributed by atoms with Crippen LogP contribution >= 0.6 is 21.1 Å². The van der Waals surface area contributed by atoms with Crippen molar-refractivity contribution in [2.24, 2.45) is 0 Å². The van der Waals surface area contributed by atoms with Gasteiger partial charge in [0.2, 0.25) is 0 Å². The van der Waals surface area contributed by atoms with Gasteiger partial charge in [-0.25, -0.2) is 0 Å². The molecule has 1 radical (unpaired) electrons. The Kier molecular flexibility index (Phi) is 20.1. The third kappa shape index (κ3) is 9.59. The van der Waals surface area contributed by atoms with E-state index in [1.165, 1.54) is 0 Å². The maximum absolute atomic E-state index is 4.27. The Balaban J connectivity index is 0. The Morgan fingerprint density at radius 3 is 1.25 bits per heavy atom. The Bertz CT molecular complexity index is 27.0. The van der Waals surface area contributed by atoms with Gasteiger partial charge in [-0.2, -0.15) is 0 Å². The molecule has 0 heterocycles. The average molecular weight is 150 g/mol. The molecule has 0 unspecified atom stereocenters. The number of hydrogen-bond donors (Lipinski definition) is 0. The first-order valence-electron chi connectivity index (χ1n) is 0.333. The number of rotatable bonds is 0. The second-order valence-electron chi connectivity index (χ2n) is 0.0680. The van der Waals surface area contributed by atoms with Crippen molar-refractivity contribution in [1.29, 1.82) is 0 Å². The second-order valence-corrected chi connectivity index (χ2v) is 3.18. The first-order chi connectivity index (χ1) is 1.41. The maximum atomic E-state index is 4.27. The Morgan fingerprint density at radius 1 is 1.25 bits per heavy atom. The van der Waals surface area contributed by atoms with Gasteiger partial charge in [-0.05, 0) is 0 Å². The minimum Gasteiger partial charge on any atom is 0 e. The zero-order chi connectivity index (χ0) is 2.71. The SMILES string of the molecule is S=[Se]=S.[Li]. The average Bonchev–Trinajstić information content (AvgIpc) is 0.918. The van der Waals surface area contributed by atoms with Crippen LogP contribution in [0.1, 0.15) is 0 Å². The van der Waals surface area contributed by atoms with Crippen molar-refractivity contribution in [3.05, 3.63) is 0 Å². The van der Waals surface area contributed by atoms with Crippen molar-refractivity contribution in [3.8, 4) is 0 Å². The van der Waals surface area contributed by atoms with Gasteiger partial charge in [-0.3, -0.25) is 0 Å². The van der Waals surface area contributed by atoms with Crippen LogP contribution < -0.4 is 0 Å². The molecule has 0 spiro atoms. The zero-order valence-corrected chi connectivity index (χ0v) is 5.57. The van der Waals surface area contributed by atoms with Crippen molar-refractivity contribution in [3.63, 3.8) is 0 Å². The van der Waals surface area contributed by atoms with Gasteiger partial charge in [-0.15, -0.1) is 0 Å². The Labute approximate surface area is 51.4 Å². The maximum Gasteiger partial charge on any atom is 0 e. The summed E-state index contributed by atoms with van der Waals surface area (Å²) in [5, 5.41) is 0. The summed E-state index contributed by atoms with van der Waals surface area (Å²) in [6, 6.07) is 0. The molecular weight excluding hydrogens is 150 g/mol. The van der Waals surface area contributed by atoms with Crippen LogP contribution in [0.4, 0.5) is 0 Å². The molecule has 0 atom stereocenters. The fourth-order valence-corrected chi connectivity index (χ4v) is 0. The van der Waals surface area contributed by atoms with Crippen LogP contribution in [-0.4, -0.2) is 30.6 Å². The topological polar surface area (TPSA) is 0 Å². The van der Waals surface area contributed by atoms with Crippen LogP contribution in [0.2, 0.25) is 0 Å². The minimum atomic E-state index is 0. The normalized spacial score (nSPS) is 3.00. The van der Waals surface area contributed by atoms with E-state index in [4.69, 9.17) is 0 Å². The zero-order valence-electron chi connectivity index (χ0n) is 2.22. The van der Waals surface area contributed by atoms with Gasteiger partial charge in [0.15, 0.2) is 0 Å². The van der Waals surface area contributed by atoms with Gasteiger partial charge in [0.05, 0.1) is 0 Å². The van der Waals surface area contributed by atoms with Crippen molar-refractivity contribution in [2.75, 3.05) is 0 Å². The molecule has 0 saturated heterocycles. The molecule has 19 valence electrons. The predicted molar refractivity (Wildman–Crippen MR) is 26.7 cm³/mol. The molecule has 0 amide bonds. The Hall–Kier alpha value is 1.56. The molecule has 0 aromatic carbocycles. The molecule has 0 saturated carbocycles. The summed E-state index contributed by atoms with van der Waals surface area (Å²) >= 11 is 0.0417. The Morgan fingerprint density at radius 2 is 1.25 bits per heavy atom. The summed E-state index contributed by atoms with van der Waals surface area (Å²) in [4.78, 5) is 0. The van der Waals surface area contributed by atoms with Crippen LogP contribution in [0.5, 0.6) is 0 Å². The molecule has 4 heteroatoms. The summed E-state index contributed by atoms with van der Waals surface area (Å²) in [5.41, 5.74) is 0. The van der Waals surface area contributed by atoms with E-state index in [-0.39, 0.29) is 30.6 Å². The molecule has 0 aliphatic rings. The number of hydrogen-bond acceptors (Lipinski definition) is 2. The van der Waals surface area contributed by atoms with E-state index in [0.29, 0.717) is 0 Å². The molecular formula is LiS2Se. The standard InChI is InChI=1S/Li.S2Se/c;1-3-2. The third-order valence-electron chi connectivity index (χ3n) is 0. The summed E-state index contributed by atoms with van der Waals surface area (Å²) < 4.78 is 0. The first kappa shape index (κ1) is 9.12. The van der Waals surface area contributed by atoms with Crippen molar-refractivity contribution < 1.29 is 0 Å². The molecule has 4 heavy (non-hydrogen) atoms. The predicted octanol–water partition coefficient (Wildman–Crippen LogP) is 0.535. The molecule has 0 aliphatic heterocycles. The molecule has 0 bridgehead atoms. The van der Waals surface area contributed by atoms with Gasteiger partial charge in [0.1, 0.15) is 0 Å². The smallest absolute Gasteiger partial charge is 0 e. The summed E-state index contributed by atoms with van der Waals surface area (Å²) in [7, 11) is 8.54. The molecule has 0 fully saturated rings. The van der Waals surface area contributed by atoms with Gasteiger partial charge >= 0.3 is 32.8 Å². The molecule has 0 rings (SSSR count). The van der Waals surface area contributed by atoms with Gasteiger partial charge in [0.25, 0.3) is 0 Å². The van der Waals surface area contributed by atoms with Gasteiger partial charge in [0, 0.05) is 18.9 Å². The fraction of sp³-hybridized carbons (Fsp3) is 0. The van der Waals surface area contributed by atoms with E-state index in [1.807, 2.05) is 0 Å². The molecule has 0 aromatic heterocycles. The molecule has 0 N–H and O–H groups in total. The van der Waals surface area contributed by atoms with Crippen LogP contribution in [0.3, 0.4) is 0 Å². The van der Waals surface area contributed by atoms with Crippen LogP contribution in [0.15, 0.2) is 0 Å². The first-order valence-corrected chi connectivity index (χ1v) is 5.20.